The topological polar surface area (TPSA) is 119 Å². The number of rotatable bonds is 4. The van der Waals surface area contributed by atoms with E-state index < -0.39 is 5.97 Å². The number of H-pyrrole nitrogens is 1. The lowest BCUT2D eigenvalue weighted by atomic mass is 9.99. The highest BCUT2D eigenvalue weighted by Gasteiger charge is 2.48. The van der Waals surface area contributed by atoms with Crippen molar-refractivity contribution in [2.45, 2.75) is 25.3 Å². The van der Waals surface area contributed by atoms with Crippen molar-refractivity contribution in [3.8, 4) is 0 Å². The molecular weight excluding hydrogens is 252 g/mol. The highest BCUT2D eigenvalue weighted by Crippen LogP contribution is 2.42. The average molecular weight is 264 g/mol. The maximum absolute atomic E-state index is 11.5. The van der Waals surface area contributed by atoms with E-state index in [0.29, 0.717) is 36.2 Å². The number of carbonyl (C=O) groups excluding carboxylic acids is 1. The SMILES string of the molecule is O=C(O)C1=C(c2n[nH]nc2CCO)C[C@@H]2CC(=O)N12. The molecule has 0 aliphatic carbocycles. The zero-order valence-electron chi connectivity index (χ0n) is 9.96. The maximum Gasteiger partial charge on any atom is 0.352 e. The molecule has 0 radical (unpaired) electrons. The van der Waals surface area contributed by atoms with Gasteiger partial charge in [-0.05, 0) is 6.42 Å². The summed E-state index contributed by atoms with van der Waals surface area (Å²) in [6.07, 6.45) is 1.13. The molecule has 0 spiro atoms. The number of nitrogens with zero attached hydrogens (tertiary/aromatic N) is 3. The number of aromatic amines is 1. The molecule has 0 unspecified atom stereocenters. The number of hydrogen-bond donors (Lipinski definition) is 3. The normalized spacial score (nSPS) is 21.6. The minimum atomic E-state index is -1.14. The first kappa shape index (κ1) is 11.8. The maximum atomic E-state index is 11.5. The smallest absolute Gasteiger partial charge is 0.352 e. The van der Waals surface area contributed by atoms with E-state index in [4.69, 9.17) is 5.11 Å². The molecule has 8 nitrogen and oxygen atoms in total. The number of β-lactam (4-membered cyclic amide) rings is 1. The average Bonchev–Trinajstić information content (AvgIpc) is 2.90. The van der Waals surface area contributed by atoms with Gasteiger partial charge in [-0.3, -0.25) is 4.79 Å². The molecule has 0 saturated carbocycles. The molecule has 100 valence electrons. The zero-order chi connectivity index (χ0) is 13.6. The highest BCUT2D eigenvalue weighted by atomic mass is 16.4. The molecular formula is C11H12N4O4. The fraction of sp³-hybridized carbons (Fsp3) is 0.455. The summed E-state index contributed by atoms with van der Waals surface area (Å²) in [6, 6.07) is -0.0766. The number of aliphatic hydroxyl groups is 1. The van der Waals surface area contributed by atoms with Gasteiger partial charge < -0.3 is 15.1 Å². The van der Waals surface area contributed by atoms with E-state index in [-0.39, 0.29) is 24.3 Å². The van der Waals surface area contributed by atoms with E-state index in [1.54, 1.807) is 0 Å². The molecule has 1 fully saturated rings. The van der Waals surface area contributed by atoms with Gasteiger partial charge in [-0.25, -0.2) is 4.79 Å². The standard InChI is InChI=1S/C11H12N4O4/c16-2-1-7-9(13-14-12-7)6-3-5-4-8(17)15(5)10(6)11(18)19/h5,16H,1-4H2,(H,18,19)(H,12,13,14)/t5-/m1/s1. The van der Waals surface area contributed by atoms with Gasteiger partial charge in [0.15, 0.2) is 0 Å². The Balaban J connectivity index is 2.06. The van der Waals surface area contributed by atoms with Gasteiger partial charge in [-0.2, -0.15) is 15.4 Å². The van der Waals surface area contributed by atoms with Crippen LogP contribution < -0.4 is 0 Å². The third kappa shape index (κ3) is 1.64. The van der Waals surface area contributed by atoms with E-state index in [0.717, 1.165) is 0 Å². The van der Waals surface area contributed by atoms with Gasteiger partial charge in [0.05, 0.1) is 11.7 Å². The van der Waals surface area contributed by atoms with Crippen LogP contribution in [0.3, 0.4) is 0 Å². The van der Waals surface area contributed by atoms with Crippen LogP contribution in [0, 0.1) is 0 Å². The Hall–Kier alpha value is -2.22. The third-order valence-corrected chi connectivity index (χ3v) is 3.47. The molecule has 2 aliphatic heterocycles. The van der Waals surface area contributed by atoms with E-state index in [1.165, 1.54) is 4.90 Å². The molecule has 1 saturated heterocycles. The van der Waals surface area contributed by atoms with Gasteiger partial charge in [0.1, 0.15) is 11.4 Å². The monoisotopic (exact) mass is 264 g/mol. The summed E-state index contributed by atoms with van der Waals surface area (Å²) in [6.45, 7) is -0.0959. The van der Waals surface area contributed by atoms with Crippen LogP contribution in [-0.2, 0) is 16.0 Å². The van der Waals surface area contributed by atoms with Gasteiger partial charge >= 0.3 is 5.97 Å². The summed E-state index contributed by atoms with van der Waals surface area (Å²) in [5.41, 5.74) is 1.47. The second-order valence-electron chi connectivity index (χ2n) is 4.55. The summed E-state index contributed by atoms with van der Waals surface area (Å²) < 4.78 is 0. The molecule has 1 aromatic rings. The van der Waals surface area contributed by atoms with E-state index in [2.05, 4.69) is 15.4 Å². The van der Waals surface area contributed by atoms with Crippen molar-refractivity contribution in [1.82, 2.24) is 20.3 Å². The second kappa shape index (κ2) is 4.16. The summed E-state index contributed by atoms with van der Waals surface area (Å²) in [4.78, 5) is 24.2. The third-order valence-electron chi connectivity index (χ3n) is 3.47. The van der Waals surface area contributed by atoms with Crippen molar-refractivity contribution in [3.63, 3.8) is 0 Å². The number of hydrogen-bond acceptors (Lipinski definition) is 5. The minimum absolute atomic E-state index is 0.00524. The molecule has 1 atom stereocenters. The summed E-state index contributed by atoms with van der Waals surface area (Å²) in [5.74, 6) is -1.31. The van der Waals surface area contributed by atoms with E-state index in [9.17, 15) is 14.7 Å². The predicted octanol–water partition coefficient (Wildman–Crippen LogP) is -0.860. The molecule has 2 aliphatic rings. The molecule has 3 N–H and O–H groups in total. The van der Waals surface area contributed by atoms with Crippen LogP contribution in [0.1, 0.15) is 24.2 Å². The van der Waals surface area contributed by atoms with Crippen LogP contribution in [-0.4, -0.2) is 55.0 Å². The van der Waals surface area contributed by atoms with Crippen molar-refractivity contribution >= 4 is 17.4 Å². The zero-order valence-corrected chi connectivity index (χ0v) is 9.96. The van der Waals surface area contributed by atoms with E-state index in [1.807, 2.05) is 0 Å². The first-order valence-electron chi connectivity index (χ1n) is 5.93. The molecule has 3 heterocycles. The van der Waals surface area contributed by atoms with Crippen LogP contribution in [0.4, 0.5) is 0 Å². The number of carboxylic acids is 1. The van der Waals surface area contributed by atoms with E-state index >= 15 is 0 Å². The number of aromatic nitrogens is 3. The Kier molecular flexibility index (Phi) is 2.59. The summed E-state index contributed by atoms with van der Waals surface area (Å²) in [5, 5.41) is 28.6. The number of aliphatic carboxylic acids is 1. The molecule has 1 aromatic heterocycles. The number of nitrogens with one attached hydrogen (secondary N) is 1. The fourth-order valence-corrected chi connectivity index (χ4v) is 2.65. The molecule has 1 amide bonds. The van der Waals surface area contributed by atoms with Gasteiger partial charge in [0.25, 0.3) is 0 Å². The van der Waals surface area contributed by atoms with Crippen molar-refractivity contribution in [2.75, 3.05) is 6.61 Å². The first-order valence-corrected chi connectivity index (χ1v) is 5.93. The fourth-order valence-electron chi connectivity index (χ4n) is 2.65. The molecule has 3 rings (SSSR count). The van der Waals surface area contributed by atoms with Crippen molar-refractivity contribution in [1.29, 1.82) is 0 Å². The molecule has 0 aromatic carbocycles. The lowest BCUT2D eigenvalue weighted by Crippen LogP contribution is -2.49. The first-order chi connectivity index (χ1) is 9.13. The number of carbonyl (C=O) groups is 2. The largest absolute Gasteiger partial charge is 0.477 e. The number of aliphatic hydroxyl groups excluding tert-OH is 1. The Morgan fingerprint density at radius 2 is 2.21 bits per heavy atom. The van der Waals surface area contributed by atoms with Crippen molar-refractivity contribution < 1.29 is 19.8 Å². The Morgan fingerprint density at radius 3 is 2.84 bits per heavy atom. The molecule has 19 heavy (non-hydrogen) atoms. The lowest BCUT2D eigenvalue weighted by Gasteiger charge is -2.35. The number of amides is 1. The Labute approximate surface area is 107 Å². The summed E-state index contributed by atoms with van der Waals surface area (Å²) in [7, 11) is 0. The lowest BCUT2D eigenvalue weighted by molar-refractivity contribution is -0.147. The van der Waals surface area contributed by atoms with Gasteiger partial charge in [0.2, 0.25) is 5.91 Å². The second-order valence-corrected chi connectivity index (χ2v) is 4.55. The Morgan fingerprint density at radius 1 is 1.42 bits per heavy atom. The van der Waals surface area contributed by atoms with Crippen LogP contribution in [0.2, 0.25) is 0 Å². The molecule has 8 heteroatoms. The van der Waals surface area contributed by atoms with Crippen molar-refractivity contribution in [2.24, 2.45) is 0 Å². The highest BCUT2D eigenvalue weighted by molar-refractivity contribution is 6.04. The Bertz CT molecular complexity index is 591. The van der Waals surface area contributed by atoms with Gasteiger partial charge in [-0.15, -0.1) is 0 Å². The van der Waals surface area contributed by atoms with Crippen LogP contribution in [0.5, 0.6) is 0 Å². The number of carboxylic acid groups (broad SMARTS) is 1. The quantitative estimate of drug-likeness (QED) is 0.609. The predicted molar refractivity (Wildman–Crippen MR) is 61.6 cm³/mol. The molecule has 0 bridgehead atoms. The van der Waals surface area contributed by atoms with Crippen molar-refractivity contribution in [3.05, 3.63) is 17.1 Å². The minimum Gasteiger partial charge on any atom is -0.477 e. The van der Waals surface area contributed by atoms with Gasteiger partial charge in [0, 0.05) is 25.0 Å². The van der Waals surface area contributed by atoms with Crippen LogP contribution in [0.25, 0.3) is 5.57 Å². The van der Waals surface area contributed by atoms with Gasteiger partial charge in [-0.1, -0.05) is 0 Å². The number of fused-ring (bicyclic) bond motifs is 1. The van der Waals surface area contributed by atoms with Crippen LogP contribution >= 0.6 is 0 Å². The van der Waals surface area contributed by atoms with Crippen LogP contribution in [0.15, 0.2) is 5.70 Å². The summed E-state index contributed by atoms with van der Waals surface area (Å²) >= 11 is 0.